The lowest BCUT2D eigenvalue weighted by molar-refractivity contribution is -0.225. The first-order chi connectivity index (χ1) is 16.6. The van der Waals surface area contributed by atoms with Gasteiger partial charge < -0.3 is 14.6 Å². The van der Waals surface area contributed by atoms with Gasteiger partial charge in [0.25, 0.3) is 0 Å². The third kappa shape index (κ3) is 6.66. The molecule has 36 heavy (non-hydrogen) atoms. The fourth-order valence-electron chi connectivity index (χ4n) is 7.13. The molecule has 0 aromatic rings. The largest absolute Gasteiger partial charge is 0.459 e. The summed E-state index contributed by atoms with van der Waals surface area (Å²) in [4.78, 5) is 24.5. The molecule has 4 bridgehead atoms. The van der Waals surface area contributed by atoms with Crippen molar-refractivity contribution in [1.29, 1.82) is 0 Å². The van der Waals surface area contributed by atoms with Gasteiger partial charge in [-0.3, -0.25) is 9.59 Å². The molecule has 5 saturated carbocycles. The molecular formula is C31H54O5. The maximum Gasteiger partial charge on any atom is 0.312 e. The molecule has 2 unspecified atom stereocenters. The number of hydrogen-bond donors (Lipinski definition) is 1. The van der Waals surface area contributed by atoms with Crippen molar-refractivity contribution in [1.82, 2.24) is 0 Å². The van der Waals surface area contributed by atoms with E-state index in [-0.39, 0.29) is 28.6 Å². The van der Waals surface area contributed by atoms with Gasteiger partial charge in [0.2, 0.25) is 0 Å². The second kappa shape index (κ2) is 10.6. The van der Waals surface area contributed by atoms with Gasteiger partial charge in [-0.15, -0.1) is 0 Å². The van der Waals surface area contributed by atoms with Crippen molar-refractivity contribution in [2.45, 2.75) is 156 Å². The standard InChI is InChI=1S/C16H26O3.C15H28O2/c1-4-14(2,3)13(17)19-16-8-11-5-12(9-16)7-15(18,6-11)10-16;1-6-14(2,3)13(16)17-15(4,5)12-10-8-7-9-11-12/h11-12,18H,4-10H2,1-3H3;12H,6-11H2,1-5H3. The maximum atomic E-state index is 12.4. The third-order valence-electron chi connectivity index (χ3n) is 10.1. The van der Waals surface area contributed by atoms with Gasteiger partial charge in [-0.25, -0.2) is 0 Å². The molecule has 5 aliphatic rings. The van der Waals surface area contributed by atoms with Crippen LogP contribution in [0.15, 0.2) is 0 Å². The number of ether oxygens (including phenoxy) is 2. The molecular weight excluding hydrogens is 452 g/mol. The molecule has 5 nitrogen and oxygen atoms in total. The van der Waals surface area contributed by atoms with E-state index in [1.807, 2.05) is 41.5 Å². The van der Waals surface area contributed by atoms with Gasteiger partial charge in [0, 0.05) is 6.42 Å². The summed E-state index contributed by atoms with van der Waals surface area (Å²) in [6, 6.07) is 0. The minimum Gasteiger partial charge on any atom is -0.459 e. The third-order valence-corrected chi connectivity index (χ3v) is 10.1. The highest BCUT2D eigenvalue weighted by atomic mass is 16.6. The van der Waals surface area contributed by atoms with Crippen LogP contribution in [0.4, 0.5) is 0 Å². The lowest BCUT2D eigenvalue weighted by atomic mass is 9.52. The minimum atomic E-state index is -0.555. The molecule has 5 fully saturated rings. The summed E-state index contributed by atoms with van der Waals surface area (Å²) < 4.78 is 11.8. The Morgan fingerprint density at radius 3 is 1.78 bits per heavy atom. The van der Waals surface area contributed by atoms with Crippen LogP contribution in [-0.2, 0) is 19.1 Å². The number of esters is 2. The number of hydrogen-bond acceptors (Lipinski definition) is 5. The minimum absolute atomic E-state index is 0.0458. The van der Waals surface area contributed by atoms with E-state index in [0.717, 1.165) is 38.5 Å². The van der Waals surface area contributed by atoms with Gasteiger partial charge in [-0.2, -0.15) is 0 Å². The Morgan fingerprint density at radius 1 is 0.806 bits per heavy atom. The summed E-state index contributed by atoms with van der Waals surface area (Å²) in [6.07, 6.45) is 13.6. The SMILES string of the molecule is CCC(C)(C)C(=O)OC(C)(C)C1CCCCC1.CCC(C)(C)C(=O)OC12CC3CC(CC(O)(C3)C1)C2. The zero-order valence-electron chi connectivity index (χ0n) is 24.5. The van der Waals surface area contributed by atoms with Crippen molar-refractivity contribution in [3.05, 3.63) is 0 Å². The van der Waals surface area contributed by atoms with E-state index in [2.05, 4.69) is 13.8 Å². The van der Waals surface area contributed by atoms with Gasteiger partial charge in [0.15, 0.2) is 0 Å². The van der Waals surface area contributed by atoms with E-state index in [1.54, 1.807) is 0 Å². The second-order valence-electron chi connectivity index (χ2n) is 14.6. The molecule has 1 N–H and O–H groups in total. The zero-order chi connectivity index (χ0) is 27.0. The van der Waals surface area contributed by atoms with Gasteiger partial charge in [0.05, 0.1) is 16.4 Å². The quantitative estimate of drug-likeness (QED) is 0.365. The van der Waals surface area contributed by atoms with Crippen molar-refractivity contribution in [2.75, 3.05) is 0 Å². The van der Waals surface area contributed by atoms with Crippen LogP contribution in [-0.4, -0.2) is 33.8 Å². The Morgan fingerprint density at radius 2 is 1.31 bits per heavy atom. The van der Waals surface area contributed by atoms with Gasteiger partial charge in [-0.05, 0) is 117 Å². The van der Waals surface area contributed by atoms with Crippen molar-refractivity contribution >= 4 is 11.9 Å². The van der Waals surface area contributed by atoms with Gasteiger partial charge in [-0.1, -0.05) is 33.1 Å². The molecule has 0 aliphatic heterocycles. The highest BCUT2D eigenvalue weighted by Gasteiger charge is 2.59. The van der Waals surface area contributed by atoms with Crippen LogP contribution in [0.2, 0.25) is 0 Å². The maximum absolute atomic E-state index is 12.4. The number of carbonyl (C=O) groups is 2. The van der Waals surface area contributed by atoms with E-state index < -0.39 is 11.0 Å². The van der Waals surface area contributed by atoms with Crippen molar-refractivity contribution in [3.63, 3.8) is 0 Å². The Kier molecular flexibility index (Phi) is 8.65. The fraction of sp³-hybridized carbons (Fsp3) is 0.935. The first-order valence-electron chi connectivity index (χ1n) is 14.7. The lowest BCUT2D eigenvalue weighted by Gasteiger charge is -2.59. The summed E-state index contributed by atoms with van der Waals surface area (Å²) in [6.45, 7) is 16.0. The Bertz CT molecular complexity index is 775. The Labute approximate surface area is 220 Å². The van der Waals surface area contributed by atoms with E-state index in [1.165, 1.54) is 38.5 Å². The summed E-state index contributed by atoms with van der Waals surface area (Å²) >= 11 is 0. The number of rotatable bonds is 7. The molecule has 5 heteroatoms. The smallest absolute Gasteiger partial charge is 0.312 e. The molecule has 208 valence electrons. The Hall–Kier alpha value is -1.10. The highest BCUT2D eigenvalue weighted by Crippen LogP contribution is 2.59. The fourth-order valence-corrected chi connectivity index (χ4v) is 7.13. The molecule has 0 aromatic carbocycles. The van der Waals surface area contributed by atoms with Crippen LogP contribution in [0, 0.1) is 28.6 Å². The molecule has 0 heterocycles. The number of carbonyl (C=O) groups excluding carboxylic acids is 2. The van der Waals surface area contributed by atoms with Crippen LogP contribution >= 0.6 is 0 Å². The molecule has 0 spiro atoms. The zero-order valence-corrected chi connectivity index (χ0v) is 24.5. The van der Waals surface area contributed by atoms with E-state index in [4.69, 9.17) is 9.47 Å². The monoisotopic (exact) mass is 506 g/mol. The van der Waals surface area contributed by atoms with Crippen molar-refractivity contribution in [3.8, 4) is 0 Å². The predicted molar refractivity (Wildman–Crippen MR) is 143 cm³/mol. The van der Waals surface area contributed by atoms with Crippen LogP contribution in [0.5, 0.6) is 0 Å². The molecule has 0 saturated heterocycles. The first kappa shape index (κ1) is 29.5. The molecule has 5 aliphatic carbocycles. The van der Waals surface area contributed by atoms with Crippen molar-refractivity contribution < 1.29 is 24.2 Å². The lowest BCUT2D eigenvalue weighted by Crippen LogP contribution is -2.61. The van der Waals surface area contributed by atoms with Crippen LogP contribution in [0.3, 0.4) is 0 Å². The number of aliphatic hydroxyl groups is 1. The van der Waals surface area contributed by atoms with Crippen LogP contribution in [0.1, 0.15) is 139 Å². The summed E-state index contributed by atoms with van der Waals surface area (Å²) in [5.74, 6) is 1.52. The average molecular weight is 507 g/mol. The normalized spacial score (nSPS) is 32.5. The summed E-state index contributed by atoms with van der Waals surface area (Å²) in [5.41, 5.74) is -1.98. The van der Waals surface area contributed by atoms with Crippen LogP contribution in [0.25, 0.3) is 0 Å². The summed E-state index contributed by atoms with van der Waals surface area (Å²) in [5, 5.41) is 10.6. The second-order valence-corrected chi connectivity index (χ2v) is 14.6. The van der Waals surface area contributed by atoms with E-state index in [9.17, 15) is 14.7 Å². The average Bonchev–Trinajstić information content (AvgIpc) is 2.77. The molecule has 0 radical (unpaired) electrons. The predicted octanol–water partition coefficient (Wildman–Crippen LogP) is 7.37. The molecule has 2 atom stereocenters. The van der Waals surface area contributed by atoms with E-state index in [0.29, 0.717) is 24.2 Å². The molecule has 0 amide bonds. The highest BCUT2D eigenvalue weighted by molar-refractivity contribution is 5.76. The Balaban J connectivity index is 0.000000202. The topological polar surface area (TPSA) is 72.8 Å². The molecule has 5 rings (SSSR count). The van der Waals surface area contributed by atoms with Crippen LogP contribution < -0.4 is 0 Å². The van der Waals surface area contributed by atoms with Gasteiger partial charge in [0.1, 0.15) is 11.2 Å². The van der Waals surface area contributed by atoms with Gasteiger partial charge >= 0.3 is 11.9 Å². The summed E-state index contributed by atoms with van der Waals surface area (Å²) in [7, 11) is 0. The van der Waals surface area contributed by atoms with E-state index >= 15 is 0 Å². The molecule has 0 aromatic heterocycles. The first-order valence-corrected chi connectivity index (χ1v) is 14.7. The van der Waals surface area contributed by atoms with Crippen molar-refractivity contribution in [2.24, 2.45) is 28.6 Å².